The normalized spacial score (nSPS) is 20.3. The fourth-order valence-electron chi connectivity index (χ4n) is 2.04. The number of nitrogens with zero attached hydrogens (tertiary/aromatic N) is 1. The van der Waals surface area contributed by atoms with Crippen LogP contribution in [0.5, 0.6) is 0 Å². The molecule has 0 aromatic heterocycles. The van der Waals surface area contributed by atoms with Gasteiger partial charge in [-0.05, 0) is 18.4 Å². The van der Waals surface area contributed by atoms with Crippen molar-refractivity contribution in [3.8, 4) is 0 Å². The smallest absolute Gasteiger partial charge is 0.130 e. The third-order valence-electron chi connectivity index (χ3n) is 3.01. The van der Waals surface area contributed by atoms with Crippen LogP contribution < -0.4 is 5.32 Å². The molecule has 0 atom stereocenters. The van der Waals surface area contributed by atoms with Crippen molar-refractivity contribution in [1.29, 1.82) is 0 Å². The lowest BCUT2D eigenvalue weighted by molar-refractivity contribution is -0.113. The van der Waals surface area contributed by atoms with Crippen LogP contribution in [0.3, 0.4) is 0 Å². The number of carbonyl (C=O) groups is 1. The van der Waals surface area contributed by atoms with Crippen LogP contribution in [0.2, 0.25) is 0 Å². The minimum absolute atomic E-state index is 0.261. The van der Waals surface area contributed by atoms with Crippen molar-refractivity contribution in [3.63, 3.8) is 0 Å². The molecule has 2 heteroatoms. The highest BCUT2D eigenvalue weighted by molar-refractivity contribution is 5.68. The average Bonchev–Trinajstić information content (AvgIpc) is 2.31. The molecule has 0 N–H and O–H groups in total. The Morgan fingerprint density at radius 3 is 2.36 bits per heavy atom. The van der Waals surface area contributed by atoms with E-state index in [-0.39, 0.29) is 5.41 Å². The van der Waals surface area contributed by atoms with Crippen LogP contribution in [0.1, 0.15) is 18.4 Å². The summed E-state index contributed by atoms with van der Waals surface area (Å²) in [5, 5.41) is 4.29. The summed E-state index contributed by atoms with van der Waals surface area (Å²) in [6.45, 7) is 1.63. The second kappa shape index (κ2) is 3.93. The predicted octanol–water partition coefficient (Wildman–Crippen LogP) is 1.52. The van der Waals surface area contributed by atoms with E-state index in [1.54, 1.807) is 0 Å². The molecule has 2 nitrogen and oxygen atoms in total. The molecule has 0 saturated carbocycles. The molecule has 73 valence electrons. The lowest BCUT2D eigenvalue weighted by atomic mass is 9.74. The van der Waals surface area contributed by atoms with E-state index in [0.29, 0.717) is 0 Å². The first-order valence-electron chi connectivity index (χ1n) is 5.02. The van der Waals surface area contributed by atoms with E-state index in [0.717, 1.165) is 37.8 Å². The Morgan fingerprint density at radius 2 is 1.79 bits per heavy atom. The Kier molecular flexibility index (Phi) is 2.64. The van der Waals surface area contributed by atoms with Crippen molar-refractivity contribution in [3.05, 3.63) is 35.9 Å². The Balaban J connectivity index is 2.32. The van der Waals surface area contributed by atoms with Gasteiger partial charge in [-0.2, -0.15) is 0 Å². The summed E-state index contributed by atoms with van der Waals surface area (Å²) in [5.74, 6) is 0. The molecule has 0 unspecified atom stereocenters. The van der Waals surface area contributed by atoms with Crippen LogP contribution in [-0.4, -0.2) is 19.4 Å². The van der Waals surface area contributed by atoms with Crippen molar-refractivity contribution < 1.29 is 4.79 Å². The van der Waals surface area contributed by atoms with Crippen LogP contribution in [-0.2, 0) is 10.2 Å². The number of aldehydes is 1. The van der Waals surface area contributed by atoms with Gasteiger partial charge in [-0.25, -0.2) is 5.32 Å². The molecule has 1 fully saturated rings. The lowest BCUT2D eigenvalue weighted by Crippen LogP contribution is -2.38. The molecule has 1 heterocycles. The van der Waals surface area contributed by atoms with Gasteiger partial charge in [-0.15, -0.1) is 0 Å². The van der Waals surface area contributed by atoms with E-state index >= 15 is 0 Å². The molecule has 1 saturated heterocycles. The van der Waals surface area contributed by atoms with E-state index in [9.17, 15) is 4.79 Å². The van der Waals surface area contributed by atoms with Crippen molar-refractivity contribution in [2.45, 2.75) is 18.3 Å². The minimum atomic E-state index is -0.261. The van der Waals surface area contributed by atoms with Crippen LogP contribution in [0.15, 0.2) is 30.3 Å². The van der Waals surface area contributed by atoms with Crippen molar-refractivity contribution >= 4 is 6.29 Å². The average molecular weight is 188 g/mol. The van der Waals surface area contributed by atoms with Crippen molar-refractivity contribution in [2.75, 3.05) is 13.1 Å². The Hall–Kier alpha value is -1.15. The molecular formula is C12H14NO. The van der Waals surface area contributed by atoms with Gasteiger partial charge in [0.1, 0.15) is 6.29 Å². The van der Waals surface area contributed by atoms with Gasteiger partial charge < -0.3 is 4.79 Å². The number of benzene rings is 1. The van der Waals surface area contributed by atoms with Gasteiger partial charge in [-0.1, -0.05) is 30.3 Å². The van der Waals surface area contributed by atoms with Gasteiger partial charge in [-0.3, -0.25) is 0 Å². The minimum Gasteiger partial charge on any atom is -0.302 e. The highest BCUT2D eigenvalue weighted by Crippen LogP contribution is 2.31. The fourth-order valence-corrected chi connectivity index (χ4v) is 2.04. The third kappa shape index (κ3) is 1.58. The molecule has 2 rings (SSSR count). The van der Waals surface area contributed by atoms with E-state index < -0.39 is 0 Å². The van der Waals surface area contributed by atoms with Gasteiger partial charge in [0.15, 0.2) is 0 Å². The van der Waals surface area contributed by atoms with Gasteiger partial charge in [0.25, 0.3) is 0 Å². The maximum atomic E-state index is 11.2. The first-order valence-corrected chi connectivity index (χ1v) is 5.02. The number of piperidine rings is 1. The van der Waals surface area contributed by atoms with Crippen molar-refractivity contribution in [2.24, 2.45) is 0 Å². The standard InChI is InChI=1S/C12H14NO/c14-10-12(6-8-13-9-7-12)11-4-2-1-3-5-11/h1-5,10H,6-9H2. The number of hydrogen-bond acceptors (Lipinski definition) is 1. The molecule has 14 heavy (non-hydrogen) atoms. The maximum absolute atomic E-state index is 11.2. The lowest BCUT2D eigenvalue weighted by Gasteiger charge is -2.32. The van der Waals surface area contributed by atoms with Gasteiger partial charge in [0.2, 0.25) is 0 Å². The number of carbonyl (C=O) groups excluding carboxylic acids is 1. The van der Waals surface area contributed by atoms with Crippen LogP contribution >= 0.6 is 0 Å². The number of rotatable bonds is 2. The monoisotopic (exact) mass is 188 g/mol. The summed E-state index contributed by atoms with van der Waals surface area (Å²) in [5.41, 5.74) is 0.883. The van der Waals surface area contributed by atoms with Crippen LogP contribution in [0.4, 0.5) is 0 Å². The zero-order valence-electron chi connectivity index (χ0n) is 8.15. The molecule has 1 aromatic carbocycles. The summed E-state index contributed by atoms with van der Waals surface area (Å²) in [6, 6.07) is 10.0. The zero-order chi connectivity index (χ0) is 9.86. The van der Waals surface area contributed by atoms with Gasteiger partial charge in [0.05, 0.1) is 5.41 Å². The van der Waals surface area contributed by atoms with Crippen LogP contribution in [0.25, 0.3) is 0 Å². The summed E-state index contributed by atoms with van der Waals surface area (Å²) < 4.78 is 0. The van der Waals surface area contributed by atoms with Crippen LogP contribution in [0, 0.1) is 0 Å². The Bertz CT molecular complexity index is 301. The topological polar surface area (TPSA) is 31.2 Å². The van der Waals surface area contributed by atoms with Gasteiger partial charge in [0, 0.05) is 13.1 Å². The molecular weight excluding hydrogens is 174 g/mol. The van der Waals surface area contributed by atoms with E-state index in [1.807, 2.05) is 30.3 Å². The summed E-state index contributed by atoms with van der Waals surface area (Å²) in [6.07, 6.45) is 2.83. The first-order chi connectivity index (χ1) is 6.87. The molecule has 0 bridgehead atoms. The van der Waals surface area contributed by atoms with Gasteiger partial charge >= 0.3 is 0 Å². The third-order valence-corrected chi connectivity index (χ3v) is 3.01. The highest BCUT2D eigenvalue weighted by Gasteiger charge is 2.33. The largest absolute Gasteiger partial charge is 0.302 e. The quantitative estimate of drug-likeness (QED) is 0.647. The number of hydrogen-bond donors (Lipinski definition) is 0. The summed E-state index contributed by atoms with van der Waals surface area (Å²) >= 11 is 0. The second-order valence-electron chi connectivity index (χ2n) is 3.81. The predicted molar refractivity (Wildman–Crippen MR) is 55.3 cm³/mol. The second-order valence-corrected chi connectivity index (χ2v) is 3.81. The summed E-state index contributed by atoms with van der Waals surface area (Å²) in [4.78, 5) is 11.2. The van der Waals surface area contributed by atoms with E-state index in [2.05, 4.69) is 5.32 Å². The highest BCUT2D eigenvalue weighted by atomic mass is 16.1. The molecule has 0 spiro atoms. The first kappa shape index (κ1) is 9.41. The summed E-state index contributed by atoms with van der Waals surface area (Å²) in [7, 11) is 0. The molecule has 1 aliphatic heterocycles. The SMILES string of the molecule is O=CC1(c2ccccc2)CC[N]CC1. The molecule has 1 aliphatic rings. The van der Waals surface area contributed by atoms with E-state index in [1.165, 1.54) is 0 Å². The molecule has 0 aliphatic carbocycles. The molecule has 1 aromatic rings. The Labute approximate surface area is 84.3 Å². The molecule has 1 radical (unpaired) electrons. The van der Waals surface area contributed by atoms with E-state index in [4.69, 9.17) is 0 Å². The molecule has 0 amide bonds. The maximum Gasteiger partial charge on any atom is 0.130 e. The zero-order valence-corrected chi connectivity index (χ0v) is 8.15. The van der Waals surface area contributed by atoms with Crippen molar-refractivity contribution in [1.82, 2.24) is 5.32 Å². The fraction of sp³-hybridized carbons (Fsp3) is 0.417. The Morgan fingerprint density at radius 1 is 1.14 bits per heavy atom.